The number of ether oxygens (including phenoxy) is 1. The molecule has 0 saturated carbocycles. The van der Waals surface area contributed by atoms with E-state index >= 15 is 0 Å². The van der Waals surface area contributed by atoms with Gasteiger partial charge in [-0.25, -0.2) is 4.79 Å². The van der Waals surface area contributed by atoms with Crippen LogP contribution in [-0.2, 0) is 30.8 Å². The van der Waals surface area contributed by atoms with Gasteiger partial charge in [0.2, 0.25) is 0 Å². The second kappa shape index (κ2) is 7.10. The first kappa shape index (κ1) is 20.6. The first-order valence-electron chi connectivity index (χ1n) is 10.8. The normalized spacial score (nSPS) is 16.5. The van der Waals surface area contributed by atoms with Crippen molar-refractivity contribution in [3.63, 3.8) is 0 Å². The van der Waals surface area contributed by atoms with Gasteiger partial charge in [0, 0.05) is 20.6 Å². The van der Waals surface area contributed by atoms with Crippen molar-refractivity contribution < 1.29 is 9.15 Å². The molecule has 1 aliphatic heterocycles. The quantitative estimate of drug-likeness (QED) is 0.483. The van der Waals surface area contributed by atoms with Crippen molar-refractivity contribution in [2.24, 2.45) is 14.1 Å². The van der Waals surface area contributed by atoms with Crippen molar-refractivity contribution >= 4 is 10.9 Å². The fraction of sp³-hybridized carbons (Fsp3) is 0.360. The van der Waals surface area contributed by atoms with E-state index in [0.717, 1.165) is 17.0 Å². The minimum absolute atomic E-state index is 0.0252. The van der Waals surface area contributed by atoms with E-state index in [1.54, 1.807) is 17.9 Å². The summed E-state index contributed by atoms with van der Waals surface area (Å²) in [5.74, 6) is 0.646. The number of aromatic nitrogens is 3. The zero-order valence-electron chi connectivity index (χ0n) is 19.0. The lowest BCUT2D eigenvalue weighted by molar-refractivity contribution is 0.0347. The Hall–Kier alpha value is -3.32. The number of aryl methyl sites for hydroxylation is 1. The van der Waals surface area contributed by atoms with Crippen molar-refractivity contribution in [2.75, 3.05) is 6.61 Å². The van der Waals surface area contributed by atoms with Gasteiger partial charge in [-0.1, -0.05) is 45.0 Å². The van der Waals surface area contributed by atoms with Gasteiger partial charge in [0.15, 0.2) is 6.10 Å². The molecule has 4 aromatic rings. The van der Waals surface area contributed by atoms with Gasteiger partial charge >= 0.3 is 5.69 Å². The van der Waals surface area contributed by atoms with E-state index in [9.17, 15) is 9.59 Å². The summed E-state index contributed by atoms with van der Waals surface area (Å²) in [6.45, 7) is 7.57. The highest BCUT2D eigenvalue weighted by atomic mass is 16.5. The lowest BCUT2D eigenvalue weighted by atomic mass is 9.86. The Morgan fingerprint density at radius 3 is 2.34 bits per heavy atom. The standard InChI is InChI=1S/C25H27N3O4/c1-25(2,3)16-10-8-15(9-11-16)19-18-20(26(4)24(30)27(5)23(18)29)21-22(17-7-6-13-31-17)32-14-12-28(19)21/h6-11,13,22H,12,14H2,1-5H3. The van der Waals surface area contributed by atoms with Gasteiger partial charge in [0.25, 0.3) is 5.56 Å². The number of furan rings is 1. The fourth-order valence-corrected chi connectivity index (χ4v) is 4.67. The molecule has 0 fully saturated rings. The zero-order valence-corrected chi connectivity index (χ0v) is 19.0. The molecular weight excluding hydrogens is 406 g/mol. The molecule has 0 amide bonds. The highest BCUT2D eigenvalue weighted by molar-refractivity contribution is 5.96. The van der Waals surface area contributed by atoms with Gasteiger partial charge in [0.05, 0.1) is 35.2 Å². The molecule has 1 unspecified atom stereocenters. The lowest BCUT2D eigenvalue weighted by Gasteiger charge is -2.26. The molecule has 3 aromatic heterocycles. The number of hydrogen-bond acceptors (Lipinski definition) is 4. The summed E-state index contributed by atoms with van der Waals surface area (Å²) >= 11 is 0. The summed E-state index contributed by atoms with van der Waals surface area (Å²) in [6.07, 6.45) is 1.11. The minimum atomic E-state index is -0.499. The van der Waals surface area contributed by atoms with E-state index in [0.29, 0.717) is 29.8 Å². The first-order chi connectivity index (χ1) is 15.2. The summed E-state index contributed by atoms with van der Waals surface area (Å²) in [5, 5.41) is 0.523. The van der Waals surface area contributed by atoms with Crippen molar-refractivity contribution in [2.45, 2.75) is 38.8 Å². The summed E-state index contributed by atoms with van der Waals surface area (Å²) < 4.78 is 16.6. The molecule has 0 spiro atoms. The molecule has 32 heavy (non-hydrogen) atoms. The molecule has 1 atom stereocenters. The number of benzene rings is 1. The zero-order chi connectivity index (χ0) is 22.8. The van der Waals surface area contributed by atoms with Gasteiger partial charge < -0.3 is 13.7 Å². The molecule has 0 radical (unpaired) electrons. The van der Waals surface area contributed by atoms with Crippen molar-refractivity contribution in [1.82, 2.24) is 13.7 Å². The van der Waals surface area contributed by atoms with Crippen LogP contribution in [0.2, 0.25) is 0 Å². The fourth-order valence-electron chi connectivity index (χ4n) is 4.67. The van der Waals surface area contributed by atoms with Gasteiger partial charge in [-0.15, -0.1) is 0 Å². The average Bonchev–Trinajstić information content (AvgIpc) is 3.42. The molecule has 4 heterocycles. The lowest BCUT2D eigenvalue weighted by Crippen LogP contribution is -2.37. The smallest absolute Gasteiger partial charge is 0.331 e. The van der Waals surface area contributed by atoms with Crippen LogP contribution < -0.4 is 11.2 Å². The Morgan fingerprint density at radius 1 is 1.00 bits per heavy atom. The average molecular weight is 434 g/mol. The maximum Gasteiger partial charge on any atom is 0.331 e. The summed E-state index contributed by atoms with van der Waals surface area (Å²) in [4.78, 5) is 26.2. The molecule has 166 valence electrons. The molecule has 5 rings (SSSR count). The number of hydrogen-bond donors (Lipinski definition) is 0. The van der Waals surface area contributed by atoms with Gasteiger partial charge in [-0.3, -0.25) is 13.9 Å². The van der Waals surface area contributed by atoms with Gasteiger partial charge in [-0.2, -0.15) is 0 Å². The van der Waals surface area contributed by atoms with Crippen LogP contribution in [0.3, 0.4) is 0 Å². The van der Waals surface area contributed by atoms with E-state index in [-0.39, 0.29) is 16.7 Å². The summed E-state index contributed by atoms with van der Waals surface area (Å²) in [5.41, 5.74) is 3.68. The van der Waals surface area contributed by atoms with Crippen molar-refractivity contribution in [1.29, 1.82) is 0 Å². The maximum atomic E-state index is 13.4. The van der Waals surface area contributed by atoms with Crippen LogP contribution in [0.5, 0.6) is 0 Å². The SMILES string of the molecule is Cn1c(=O)c2c(-c3ccc(C(C)(C)C)cc3)n3c(c2n(C)c1=O)C(c1ccco1)OCC3. The Balaban J connectivity index is 1.89. The molecular formula is C25H27N3O4. The Labute approximate surface area is 185 Å². The van der Waals surface area contributed by atoms with Crippen LogP contribution >= 0.6 is 0 Å². The van der Waals surface area contributed by atoms with E-state index in [1.807, 2.05) is 12.1 Å². The van der Waals surface area contributed by atoms with Crippen LogP contribution in [0.25, 0.3) is 22.2 Å². The second-order valence-electron chi connectivity index (χ2n) is 9.41. The molecule has 7 nitrogen and oxygen atoms in total. The van der Waals surface area contributed by atoms with Crippen molar-refractivity contribution in [3.05, 3.63) is 80.5 Å². The van der Waals surface area contributed by atoms with Crippen LogP contribution in [0.15, 0.2) is 56.7 Å². The predicted molar refractivity (Wildman–Crippen MR) is 123 cm³/mol. The van der Waals surface area contributed by atoms with Crippen molar-refractivity contribution in [3.8, 4) is 11.3 Å². The third kappa shape index (κ3) is 2.92. The van der Waals surface area contributed by atoms with E-state index < -0.39 is 6.10 Å². The van der Waals surface area contributed by atoms with E-state index in [2.05, 4.69) is 49.6 Å². The van der Waals surface area contributed by atoms with Crippen LogP contribution in [0, 0.1) is 0 Å². The Morgan fingerprint density at radius 2 is 1.72 bits per heavy atom. The summed E-state index contributed by atoms with van der Waals surface area (Å²) in [7, 11) is 3.22. The largest absolute Gasteiger partial charge is 0.466 e. The molecule has 0 bridgehead atoms. The minimum Gasteiger partial charge on any atom is -0.466 e. The third-order valence-electron chi connectivity index (χ3n) is 6.38. The molecule has 1 aliphatic rings. The molecule has 7 heteroatoms. The Kier molecular flexibility index (Phi) is 4.57. The first-order valence-corrected chi connectivity index (χ1v) is 10.8. The molecule has 0 N–H and O–H groups in total. The molecule has 0 saturated heterocycles. The topological polar surface area (TPSA) is 71.3 Å². The van der Waals surface area contributed by atoms with E-state index in [1.165, 1.54) is 17.2 Å². The highest BCUT2D eigenvalue weighted by Crippen LogP contribution is 2.41. The van der Waals surface area contributed by atoms with Crippen LogP contribution in [0.1, 0.15) is 43.9 Å². The molecule has 1 aromatic carbocycles. The number of rotatable bonds is 2. The second-order valence-corrected chi connectivity index (χ2v) is 9.41. The molecule has 0 aliphatic carbocycles. The maximum absolute atomic E-state index is 13.4. The van der Waals surface area contributed by atoms with Crippen LogP contribution in [-0.4, -0.2) is 20.3 Å². The number of fused-ring (bicyclic) bond motifs is 3. The monoisotopic (exact) mass is 433 g/mol. The summed E-state index contributed by atoms with van der Waals surface area (Å²) in [6, 6.07) is 12.0. The predicted octanol–water partition coefficient (Wildman–Crippen LogP) is 3.72. The van der Waals surface area contributed by atoms with E-state index in [4.69, 9.17) is 9.15 Å². The van der Waals surface area contributed by atoms with Gasteiger partial charge in [0.1, 0.15) is 5.76 Å². The third-order valence-corrected chi connectivity index (χ3v) is 6.38. The Bertz CT molecular complexity index is 1430. The van der Waals surface area contributed by atoms with Crippen LogP contribution in [0.4, 0.5) is 0 Å². The van der Waals surface area contributed by atoms with Gasteiger partial charge in [-0.05, 0) is 28.7 Å². The highest BCUT2D eigenvalue weighted by Gasteiger charge is 2.34. The number of nitrogens with zero attached hydrogens (tertiary/aromatic N) is 3.